The predicted octanol–water partition coefficient (Wildman–Crippen LogP) is 3.61. The Labute approximate surface area is 157 Å². The number of urea groups is 1. The lowest BCUT2D eigenvalue weighted by Crippen LogP contribution is -2.46. The van der Waals surface area contributed by atoms with E-state index in [1.54, 1.807) is 11.3 Å². The summed E-state index contributed by atoms with van der Waals surface area (Å²) in [4.78, 5) is 28.1. The normalized spacial score (nSPS) is 21.8. The van der Waals surface area contributed by atoms with Crippen molar-refractivity contribution in [3.05, 3.63) is 51.7 Å². The summed E-state index contributed by atoms with van der Waals surface area (Å²) in [6.07, 6.45) is 3.20. The number of rotatable bonds is 5. The van der Waals surface area contributed by atoms with Gasteiger partial charge in [-0.25, -0.2) is 4.79 Å². The van der Waals surface area contributed by atoms with Crippen LogP contribution in [-0.4, -0.2) is 30.0 Å². The van der Waals surface area contributed by atoms with Crippen LogP contribution in [0.3, 0.4) is 0 Å². The van der Waals surface area contributed by atoms with Gasteiger partial charge in [-0.05, 0) is 61.7 Å². The Morgan fingerprint density at radius 2 is 2.19 bits per heavy atom. The molecule has 1 spiro atoms. The Morgan fingerprint density at radius 3 is 3.04 bits per heavy atom. The highest BCUT2D eigenvalue weighted by Gasteiger charge is 2.54. The Morgan fingerprint density at radius 1 is 1.31 bits per heavy atom. The summed E-state index contributed by atoms with van der Waals surface area (Å²) < 4.78 is 5.73. The topological polar surface area (TPSA) is 58.6 Å². The van der Waals surface area contributed by atoms with Gasteiger partial charge in [-0.15, -0.1) is 11.3 Å². The van der Waals surface area contributed by atoms with E-state index in [0.29, 0.717) is 26.0 Å². The van der Waals surface area contributed by atoms with Crippen LogP contribution in [0.5, 0.6) is 5.75 Å². The number of ether oxygens (including phenoxy) is 1. The molecule has 3 amide bonds. The number of hydrogen-bond donors (Lipinski definition) is 1. The van der Waals surface area contributed by atoms with E-state index < -0.39 is 5.54 Å². The van der Waals surface area contributed by atoms with E-state index in [1.165, 1.54) is 9.78 Å². The summed E-state index contributed by atoms with van der Waals surface area (Å²) >= 11 is 1.67. The van der Waals surface area contributed by atoms with Crippen LogP contribution >= 0.6 is 11.3 Å². The van der Waals surface area contributed by atoms with Crippen molar-refractivity contribution < 1.29 is 14.3 Å². The van der Waals surface area contributed by atoms with Crippen LogP contribution < -0.4 is 10.1 Å². The number of amides is 3. The van der Waals surface area contributed by atoms with E-state index in [-0.39, 0.29) is 11.9 Å². The Hall–Kier alpha value is -2.34. The number of thiophene rings is 1. The van der Waals surface area contributed by atoms with Crippen molar-refractivity contribution in [1.82, 2.24) is 10.2 Å². The van der Waals surface area contributed by atoms with Gasteiger partial charge in [-0.1, -0.05) is 12.1 Å². The summed E-state index contributed by atoms with van der Waals surface area (Å²) in [7, 11) is 0. The molecule has 0 saturated carbocycles. The van der Waals surface area contributed by atoms with Crippen molar-refractivity contribution >= 4 is 23.3 Å². The fourth-order valence-electron chi connectivity index (χ4n) is 3.86. The maximum absolute atomic E-state index is 13.1. The molecule has 26 heavy (non-hydrogen) atoms. The van der Waals surface area contributed by atoms with E-state index in [9.17, 15) is 9.59 Å². The molecule has 1 aromatic heterocycles. The molecule has 0 unspecified atom stereocenters. The third kappa shape index (κ3) is 2.88. The van der Waals surface area contributed by atoms with E-state index in [0.717, 1.165) is 29.7 Å². The zero-order chi connectivity index (χ0) is 18.1. The summed E-state index contributed by atoms with van der Waals surface area (Å²) in [5, 5.41) is 4.99. The van der Waals surface area contributed by atoms with Crippen LogP contribution in [-0.2, 0) is 16.8 Å². The zero-order valence-corrected chi connectivity index (χ0v) is 15.6. The molecule has 6 heteroatoms. The number of aryl methyl sites for hydroxylation is 2. The number of benzene rings is 1. The van der Waals surface area contributed by atoms with Crippen molar-refractivity contribution in [2.24, 2.45) is 0 Å². The van der Waals surface area contributed by atoms with Gasteiger partial charge < -0.3 is 10.1 Å². The number of carbonyl (C=O) groups is 2. The minimum Gasteiger partial charge on any atom is -0.494 e. The first-order valence-corrected chi connectivity index (χ1v) is 9.88. The molecule has 1 aliphatic heterocycles. The second-order valence-electron chi connectivity index (χ2n) is 6.92. The molecule has 1 saturated heterocycles. The second kappa shape index (κ2) is 6.76. The van der Waals surface area contributed by atoms with Gasteiger partial charge in [0.05, 0.1) is 6.61 Å². The van der Waals surface area contributed by atoms with Crippen LogP contribution in [0.1, 0.15) is 35.3 Å². The highest BCUT2D eigenvalue weighted by Crippen LogP contribution is 2.42. The first-order valence-electron chi connectivity index (χ1n) is 9.00. The molecule has 1 aromatic carbocycles. The average molecular weight is 370 g/mol. The quantitative estimate of drug-likeness (QED) is 0.646. The number of imide groups is 1. The Kier molecular flexibility index (Phi) is 4.44. The summed E-state index contributed by atoms with van der Waals surface area (Å²) in [6.45, 7) is 2.86. The second-order valence-corrected chi connectivity index (χ2v) is 7.92. The summed E-state index contributed by atoms with van der Waals surface area (Å²) in [5.41, 5.74) is 1.29. The van der Waals surface area contributed by atoms with Crippen molar-refractivity contribution in [3.63, 3.8) is 0 Å². The van der Waals surface area contributed by atoms with Crippen molar-refractivity contribution in [2.45, 2.75) is 38.1 Å². The molecule has 2 aromatic rings. The van der Waals surface area contributed by atoms with Gasteiger partial charge in [-0.2, -0.15) is 0 Å². The molecule has 2 heterocycles. The van der Waals surface area contributed by atoms with Gasteiger partial charge in [0.1, 0.15) is 11.3 Å². The lowest BCUT2D eigenvalue weighted by atomic mass is 9.80. The van der Waals surface area contributed by atoms with Gasteiger partial charge in [0, 0.05) is 17.0 Å². The van der Waals surface area contributed by atoms with Crippen LogP contribution in [0.15, 0.2) is 35.7 Å². The van der Waals surface area contributed by atoms with Gasteiger partial charge in [0.15, 0.2) is 0 Å². The molecule has 1 atom stereocenters. The minimum atomic E-state index is -0.845. The number of carbonyl (C=O) groups excluding carboxylic acids is 2. The highest BCUT2D eigenvalue weighted by molar-refractivity contribution is 7.10. The van der Waals surface area contributed by atoms with E-state index >= 15 is 0 Å². The number of hydrogen-bond acceptors (Lipinski definition) is 4. The van der Waals surface area contributed by atoms with Crippen molar-refractivity contribution in [3.8, 4) is 5.75 Å². The van der Waals surface area contributed by atoms with Crippen LogP contribution in [0.4, 0.5) is 4.79 Å². The average Bonchev–Trinajstić information content (AvgIpc) is 3.18. The van der Waals surface area contributed by atoms with Crippen LogP contribution in [0.2, 0.25) is 0 Å². The fourth-order valence-corrected chi connectivity index (χ4v) is 4.86. The number of nitrogens with one attached hydrogen (secondary N) is 1. The number of fused-ring (bicyclic) bond motifs is 2. The molecule has 2 aliphatic rings. The Balaban J connectivity index is 1.40. The Bertz CT molecular complexity index is 847. The molecule has 1 N–H and O–H groups in total. The van der Waals surface area contributed by atoms with Crippen molar-refractivity contribution in [2.75, 3.05) is 13.2 Å². The molecular weight excluding hydrogens is 348 g/mol. The molecule has 5 nitrogen and oxygen atoms in total. The zero-order valence-electron chi connectivity index (χ0n) is 14.8. The summed E-state index contributed by atoms with van der Waals surface area (Å²) in [6, 6.07) is 9.56. The van der Waals surface area contributed by atoms with E-state index in [1.807, 2.05) is 42.6 Å². The SMILES string of the molecule is Cc1cccc(OCCCN2C(=O)N[C@@]3(CCCc4sccc43)C2=O)c1. The van der Waals surface area contributed by atoms with E-state index in [4.69, 9.17) is 4.74 Å². The lowest BCUT2D eigenvalue weighted by Gasteiger charge is -2.31. The summed E-state index contributed by atoms with van der Waals surface area (Å²) in [5.74, 6) is 0.700. The minimum absolute atomic E-state index is 0.114. The maximum atomic E-state index is 13.1. The molecule has 4 rings (SSSR count). The number of nitrogens with zero attached hydrogens (tertiary/aromatic N) is 1. The lowest BCUT2D eigenvalue weighted by molar-refractivity contribution is -0.132. The van der Waals surface area contributed by atoms with Gasteiger partial charge >= 0.3 is 6.03 Å². The largest absolute Gasteiger partial charge is 0.494 e. The van der Waals surface area contributed by atoms with Crippen LogP contribution in [0, 0.1) is 6.92 Å². The third-order valence-electron chi connectivity index (χ3n) is 5.12. The predicted molar refractivity (Wildman–Crippen MR) is 100 cm³/mol. The van der Waals surface area contributed by atoms with Gasteiger partial charge in [-0.3, -0.25) is 9.69 Å². The first kappa shape index (κ1) is 17.1. The first-order chi connectivity index (χ1) is 12.6. The molecule has 136 valence electrons. The molecule has 1 aliphatic carbocycles. The molecule has 0 bridgehead atoms. The highest BCUT2D eigenvalue weighted by atomic mass is 32.1. The van der Waals surface area contributed by atoms with Crippen molar-refractivity contribution in [1.29, 1.82) is 0 Å². The van der Waals surface area contributed by atoms with Gasteiger partial charge in [0.25, 0.3) is 5.91 Å². The standard InChI is InChI=1S/C20H22N2O3S/c1-14-5-2-6-15(13-14)25-11-4-10-22-18(23)20(21-19(22)24)9-3-7-17-16(20)8-12-26-17/h2,5-6,8,12-13H,3-4,7,9-11H2,1H3,(H,21,24)/t20-/m1/s1. The third-order valence-corrected chi connectivity index (χ3v) is 6.10. The smallest absolute Gasteiger partial charge is 0.325 e. The molecule has 1 fully saturated rings. The fraction of sp³-hybridized carbons (Fsp3) is 0.400. The maximum Gasteiger partial charge on any atom is 0.325 e. The monoisotopic (exact) mass is 370 g/mol. The molecule has 0 radical (unpaired) electrons. The molecular formula is C20H22N2O3S. The van der Waals surface area contributed by atoms with Gasteiger partial charge in [0.2, 0.25) is 0 Å². The van der Waals surface area contributed by atoms with E-state index in [2.05, 4.69) is 5.32 Å². The van der Waals surface area contributed by atoms with Crippen LogP contribution in [0.25, 0.3) is 0 Å².